The van der Waals surface area contributed by atoms with E-state index in [0.29, 0.717) is 0 Å². The minimum atomic E-state index is -1.06. The van der Waals surface area contributed by atoms with Gasteiger partial charge in [-0.2, -0.15) is 0 Å². The second-order valence-corrected chi connectivity index (χ2v) is 2.13. The van der Waals surface area contributed by atoms with Crippen molar-refractivity contribution in [1.82, 2.24) is 5.00 Å². The van der Waals surface area contributed by atoms with Gasteiger partial charge in [0.2, 0.25) is 0 Å². The fourth-order valence-electron chi connectivity index (χ4n) is 0.774. The minimum Gasteiger partial charge on any atom is -0.478 e. The summed E-state index contributed by atoms with van der Waals surface area (Å²) in [5, 5.41) is 8.64. The lowest BCUT2D eigenvalue weighted by Gasteiger charge is -2.03. The zero-order chi connectivity index (χ0) is 8.97. The molecule has 0 spiro atoms. The first-order valence-electron chi connectivity index (χ1n) is 3.10. The Labute approximate surface area is 73.8 Å². The van der Waals surface area contributed by atoms with E-state index in [-0.39, 0.29) is 11.3 Å². The van der Waals surface area contributed by atoms with E-state index in [9.17, 15) is 4.79 Å². The Kier molecular flexibility index (Phi) is 2.90. The van der Waals surface area contributed by atoms with E-state index < -0.39 is 5.97 Å². The van der Waals surface area contributed by atoms with Crippen LogP contribution in [-0.4, -0.2) is 11.1 Å². The number of halogens is 1. The summed E-state index contributed by atoms with van der Waals surface area (Å²) in [5.74, 6) is -0.877. The summed E-state index contributed by atoms with van der Waals surface area (Å²) in [4.78, 5) is 17.1. The van der Waals surface area contributed by atoms with Gasteiger partial charge in [-0.05, 0) is 12.1 Å². The van der Waals surface area contributed by atoms with Crippen LogP contribution in [-0.2, 0) is 0 Å². The smallest absolute Gasteiger partial charge is 0.339 e. The van der Waals surface area contributed by atoms with Crippen LogP contribution in [0, 0.1) is 0 Å². The van der Waals surface area contributed by atoms with E-state index in [1.54, 1.807) is 12.1 Å². The molecule has 0 aliphatic heterocycles. The average molecular weight is 188 g/mol. The molecule has 0 atom stereocenters. The maximum absolute atomic E-state index is 10.5. The first-order chi connectivity index (χ1) is 5.75. The summed E-state index contributed by atoms with van der Waals surface area (Å²) in [7, 11) is 0. The van der Waals surface area contributed by atoms with Gasteiger partial charge in [0, 0.05) is 11.8 Å². The Morgan fingerprint density at radius 1 is 1.50 bits per heavy atom. The first-order valence-corrected chi connectivity index (χ1v) is 3.48. The van der Waals surface area contributed by atoms with Crippen molar-refractivity contribution in [2.75, 3.05) is 0 Å². The molecule has 4 nitrogen and oxygen atoms in total. The molecule has 0 unspecified atom stereocenters. The molecule has 1 aromatic carbocycles. The quantitative estimate of drug-likeness (QED) is 0.555. The van der Waals surface area contributed by atoms with Crippen molar-refractivity contribution >= 4 is 17.7 Å². The van der Waals surface area contributed by atoms with Gasteiger partial charge in [-0.25, -0.2) is 4.79 Å². The zero-order valence-electron chi connectivity index (χ0n) is 5.95. The van der Waals surface area contributed by atoms with Crippen LogP contribution in [0.4, 0.5) is 0 Å². The third-order valence-electron chi connectivity index (χ3n) is 1.27. The summed E-state index contributed by atoms with van der Waals surface area (Å²) in [6.07, 6.45) is 0. The monoisotopic (exact) mass is 187 g/mol. The summed E-state index contributed by atoms with van der Waals surface area (Å²) in [6, 6.07) is 6.17. The molecule has 12 heavy (non-hydrogen) atoms. The molecule has 5 heteroatoms. The van der Waals surface area contributed by atoms with Crippen molar-refractivity contribution in [2.45, 2.75) is 0 Å². The van der Waals surface area contributed by atoms with E-state index in [2.05, 4.69) is 4.84 Å². The normalized spacial score (nSPS) is 9.42. The molecule has 1 rings (SSSR count). The van der Waals surface area contributed by atoms with Crippen LogP contribution in [0.3, 0.4) is 0 Å². The number of hydrogen-bond acceptors (Lipinski definition) is 3. The minimum absolute atomic E-state index is 0.0608. The average Bonchev–Trinajstić information content (AvgIpc) is 2.05. The van der Waals surface area contributed by atoms with Gasteiger partial charge >= 0.3 is 5.97 Å². The third kappa shape index (κ3) is 1.87. The van der Waals surface area contributed by atoms with E-state index >= 15 is 0 Å². The van der Waals surface area contributed by atoms with E-state index in [1.165, 1.54) is 12.1 Å². The second kappa shape index (κ2) is 3.94. The largest absolute Gasteiger partial charge is 0.478 e. The molecule has 0 fully saturated rings. The van der Waals surface area contributed by atoms with Gasteiger partial charge in [0.25, 0.3) is 0 Å². The van der Waals surface area contributed by atoms with E-state index in [1.807, 2.05) is 5.00 Å². The van der Waals surface area contributed by atoms with Gasteiger partial charge in [-0.3, -0.25) is 0 Å². The van der Waals surface area contributed by atoms with Crippen LogP contribution in [0.1, 0.15) is 10.4 Å². The van der Waals surface area contributed by atoms with Crippen molar-refractivity contribution in [3.05, 3.63) is 29.8 Å². The lowest BCUT2D eigenvalue weighted by Crippen LogP contribution is -2.08. The molecule has 0 bridgehead atoms. The number of benzene rings is 1. The summed E-state index contributed by atoms with van der Waals surface area (Å²) in [5.41, 5.74) is 0.0608. The topological polar surface area (TPSA) is 58.6 Å². The van der Waals surface area contributed by atoms with Crippen molar-refractivity contribution in [3.8, 4) is 5.75 Å². The highest BCUT2D eigenvalue weighted by molar-refractivity contribution is 6.12. The van der Waals surface area contributed by atoms with E-state index in [0.717, 1.165) is 0 Å². The molecule has 0 aliphatic rings. The van der Waals surface area contributed by atoms with Crippen LogP contribution in [0.25, 0.3) is 0 Å². The first kappa shape index (κ1) is 8.83. The van der Waals surface area contributed by atoms with Gasteiger partial charge in [-0.15, -0.1) is 0 Å². The van der Waals surface area contributed by atoms with Gasteiger partial charge in [0.05, 0.1) is 0 Å². The molecule has 64 valence electrons. The standard InChI is InChI=1S/C7H6ClNO3/c8-9-12-6-4-2-1-3-5(6)7(10)11/h1-4,9H,(H,10,11). The number of hydrogen-bond donors (Lipinski definition) is 2. The Balaban J connectivity index is 3.00. The third-order valence-corrected chi connectivity index (χ3v) is 1.34. The lowest BCUT2D eigenvalue weighted by molar-refractivity contribution is 0.0691. The fraction of sp³-hybridized carbons (Fsp3) is 0. The molecule has 0 radical (unpaired) electrons. The number of para-hydroxylation sites is 1. The molecule has 0 saturated carbocycles. The van der Waals surface area contributed by atoms with Crippen LogP contribution < -0.4 is 9.84 Å². The van der Waals surface area contributed by atoms with Gasteiger partial charge in [0.1, 0.15) is 5.56 Å². The molecule has 0 aliphatic carbocycles. The predicted octanol–water partition coefficient (Wildman–Crippen LogP) is 1.42. The highest BCUT2D eigenvalue weighted by atomic mass is 35.5. The molecular formula is C7H6ClNO3. The van der Waals surface area contributed by atoms with Gasteiger partial charge in [-0.1, -0.05) is 17.1 Å². The number of carboxylic acids is 1. The number of aromatic carboxylic acids is 1. The number of carboxylic acid groups (broad SMARTS) is 1. The van der Waals surface area contributed by atoms with Crippen LogP contribution in [0.2, 0.25) is 0 Å². The van der Waals surface area contributed by atoms with Crippen molar-refractivity contribution < 1.29 is 14.7 Å². The summed E-state index contributed by atoms with van der Waals surface area (Å²) in [6.45, 7) is 0. The molecular weight excluding hydrogens is 182 g/mol. The van der Waals surface area contributed by atoms with E-state index in [4.69, 9.17) is 16.9 Å². The van der Waals surface area contributed by atoms with Crippen LogP contribution in [0.5, 0.6) is 5.75 Å². The Hall–Kier alpha value is -1.26. The molecule has 0 heterocycles. The SMILES string of the molecule is O=C(O)c1ccccc1ONCl. The second-order valence-electron chi connectivity index (χ2n) is 1.98. The molecule has 2 N–H and O–H groups in total. The molecule has 0 amide bonds. The Morgan fingerprint density at radius 2 is 2.17 bits per heavy atom. The summed E-state index contributed by atoms with van der Waals surface area (Å²) < 4.78 is 0. The molecule has 0 aromatic heterocycles. The summed E-state index contributed by atoms with van der Waals surface area (Å²) >= 11 is 5.05. The van der Waals surface area contributed by atoms with Crippen molar-refractivity contribution in [3.63, 3.8) is 0 Å². The zero-order valence-corrected chi connectivity index (χ0v) is 6.71. The molecule has 1 aromatic rings. The van der Waals surface area contributed by atoms with Gasteiger partial charge in [0.15, 0.2) is 5.75 Å². The van der Waals surface area contributed by atoms with Crippen molar-refractivity contribution in [2.24, 2.45) is 0 Å². The lowest BCUT2D eigenvalue weighted by atomic mass is 10.2. The van der Waals surface area contributed by atoms with Gasteiger partial charge < -0.3 is 9.94 Å². The number of nitrogens with one attached hydrogen (secondary N) is 1. The highest BCUT2D eigenvalue weighted by Crippen LogP contribution is 2.16. The number of rotatable bonds is 3. The fourth-order valence-corrected chi connectivity index (χ4v) is 0.857. The maximum atomic E-state index is 10.5. The highest BCUT2D eigenvalue weighted by Gasteiger charge is 2.09. The van der Waals surface area contributed by atoms with Crippen LogP contribution >= 0.6 is 11.8 Å². The number of carbonyl (C=O) groups is 1. The maximum Gasteiger partial charge on any atom is 0.339 e. The molecule has 0 saturated heterocycles. The predicted molar refractivity (Wildman–Crippen MR) is 43.0 cm³/mol. The van der Waals surface area contributed by atoms with Crippen LogP contribution in [0.15, 0.2) is 24.3 Å². The van der Waals surface area contributed by atoms with Crippen molar-refractivity contribution in [1.29, 1.82) is 0 Å². The Morgan fingerprint density at radius 3 is 2.75 bits per heavy atom. The Bertz CT molecular complexity index is 290.